The number of nitrogens with one attached hydrogen (secondary N) is 1. The number of aryl methyl sites for hydroxylation is 1. The average Bonchev–Trinajstić information content (AvgIpc) is 2.95. The molecule has 0 spiro atoms. The zero-order valence-electron chi connectivity index (χ0n) is 10.5. The Morgan fingerprint density at radius 1 is 1.53 bits per heavy atom. The summed E-state index contributed by atoms with van der Waals surface area (Å²) in [6.45, 7) is 3.87. The fourth-order valence-corrected chi connectivity index (χ4v) is 3.16. The van der Waals surface area contributed by atoms with Crippen molar-refractivity contribution in [2.75, 3.05) is 0 Å². The smallest absolute Gasteiger partial charge is 0.244 e. The molecule has 0 saturated carbocycles. The van der Waals surface area contributed by atoms with Gasteiger partial charge >= 0.3 is 0 Å². The molecule has 1 atom stereocenters. The van der Waals surface area contributed by atoms with Gasteiger partial charge in [-0.05, 0) is 32.1 Å². The van der Waals surface area contributed by atoms with E-state index in [2.05, 4.69) is 10.3 Å². The van der Waals surface area contributed by atoms with Gasteiger partial charge in [-0.3, -0.25) is 4.79 Å². The predicted octanol–water partition coefficient (Wildman–Crippen LogP) is 4.06. The van der Waals surface area contributed by atoms with Crippen LogP contribution in [0.5, 0.6) is 0 Å². The lowest BCUT2D eigenvalue weighted by Gasteiger charge is -2.09. The molecule has 0 aliphatic rings. The number of halogens is 1. The predicted molar refractivity (Wildman–Crippen MR) is 81.8 cm³/mol. The normalized spacial score (nSPS) is 12.8. The first-order valence-electron chi connectivity index (χ1n) is 5.70. The number of nitrogens with zero attached hydrogens (tertiary/aromatic N) is 1. The van der Waals surface area contributed by atoms with Gasteiger partial charge in [0.25, 0.3) is 0 Å². The first-order chi connectivity index (χ1) is 9.04. The highest BCUT2D eigenvalue weighted by Crippen LogP contribution is 2.26. The van der Waals surface area contributed by atoms with Gasteiger partial charge in [0.15, 0.2) is 0 Å². The molecule has 0 aromatic carbocycles. The van der Waals surface area contributed by atoms with Crippen LogP contribution in [0.3, 0.4) is 0 Å². The minimum atomic E-state index is -0.136. The minimum Gasteiger partial charge on any atom is -0.345 e. The maximum absolute atomic E-state index is 11.8. The van der Waals surface area contributed by atoms with E-state index >= 15 is 0 Å². The first kappa shape index (κ1) is 14.2. The summed E-state index contributed by atoms with van der Waals surface area (Å²) in [6, 6.07) is 3.70. The Bertz CT molecular complexity index is 603. The third-order valence-electron chi connectivity index (χ3n) is 2.42. The second kappa shape index (κ2) is 6.32. The molecular weight excluding hydrogens is 300 g/mol. The van der Waals surface area contributed by atoms with Crippen molar-refractivity contribution in [2.45, 2.75) is 19.9 Å². The number of hydrogen-bond acceptors (Lipinski definition) is 4. The highest BCUT2D eigenvalue weighted by atomic mass is 35.5. The van der Waals surface area contributed by atoms with Gasteiger partial charge in [-0.1, -0.05) is 11.6 Å². The SMILES string of the molecule is Cc1nc(/C=C/C(=O)NC(C)c2ccc(Cl)s2)cs1. The van der Waals surface area contributed by atoms with Crippen molar-refractivity contribution in [3.63, 3.8) is 0 Å². The van der Waals surface area contributed by atoms with Gasteiger partial charge in [0.1, 0.15) is 0 Å². The fraction of sp³-hybridized carbons (Fsp3) is 0.231. The van der Waals surface area contributed by atoms with Crippen molar-refractivity contribution >= 4 is 46.3 Å². The molecule has 0 radical (unpaired) electrons. The van der Waals surface area contributed by atoms with E-state index in [0.29, 0.717) is 0 Å². The maximum Gasteiger partial charge on any atom is 0.244 e. The lowest BCUT2D eigenvalue weighted by atomic mass is 10.2. The Morgan fingerprint density at radius 2 is 2.32 bits per heavy atom. The summed E-state index contributed by atoms with van der Waals surface area (Å²) in [4.78, 5) is 17.1. The van der Waals surface area contributed by atoms with E-state index in [9.17, 15) is 4.79 Å². The highest BCUT2D eigenvalue weighted by Gasteiger charge is 2.09. The van der Waals surface area contributed by atoms with Gasteiger partial charge in [-0.2, -0.15) is 0 Å². The van der Waals surface area contributed by atoms with Crippen molar-refractivity contribution in [3.8, 4) is 0 Å². The largest absolute Gasteiger partial charge is 0.345 e. The fourth-order valence-electron chi connectivity index (χ4n) is 1.51. The molecule has 2 aromatic rings. The highest BCUT2D eigenvalue weighted by molar-refractivity contribution is 7.16. The van der Waals surface area contributed by atoms with Crippen LogP contribution in [0.25, 0.3) is 6.08 Å². The number of carbonyl (C=O) groups is 1. The molecule has 1 amide bonds. The Morgan fingerprint density at radius 3 is 2.89 bits per heavy atom. The third kappa shape index (κ3) is 4.16. The van der Waals surface area contributed by atoms with Crippen molar-refractivity contribution in [1.82, 2.24) is 10.3 Å². The molecule has 0 aliphatic heterocycles. The number of carbonyl (C=O) groups excluding carboxylic acids is 1. The first-order valence-corrected chi connectivity index (χ1v) is 7.78. The molecule has 100 valence electrons. The number of rotatable bonds is 4. The number of hydrogen-bond donors (Lipinski definition) is 1. The number of aromatic nitrogens is 1. The van der Waals surface area contributed by atoms with Gasteiger partial charge < -0.3 is 5.32 Å². The average molecular weight is 313 g/mol. The zero-order valence-corrected chi connectivity index (χ0v) is 12.9. The van der Waals surface area contributed by atoms with Crippen LogP contribution in [0.15, 0.2) is 23.6 Å². The molecule has 3 nitrogen and oxygen atoms in total. The number of thiophene rings is 1. The quantitative estimate of drug-likeness (QED) is 0.865. The second-order valence-corrected chi connectivity index (χ2v) is 6.81. The monoisotopic (exact) mass is 312 g/mol. The summed E-state index contributed by atoms with van der Waals surface area (Å²) in [5.74, 6) is -0.136. The third-order valence-corrected chi connectivity index (χ3v) is 4.63. The molecule has 19 heavy (non-hydrogen) atoms. The molecule has 2 heterocycles. The van der Waals surface area contributed by atoms with E-state index in [1.165, 1.54) is 17.4 Å². The Balaban J connectivity index is 1.92. The zero-order chi connectivity index (χ0) is 13.8. The van der Waals surface area contributed by atoms with Gasteiger partial charge in [0.2, 0.25) is 5.91 Å². The van der Waals surface area contributed by atoms with Crippen LogP contribution < -0.4 is 5.32 Å². The molecule has 0 aliphatic carbocycles. The van der Waals surface area contributed by atoms with Gasteiger partial charge in [-0.25, -0.2) is 4.98 Å². The van der Waals surface area contributed by atoms with Crippen LogP contribution in [0.4, 0.5) is 0 Å². The standard InChI is InChI=1S/C13H13ClN2OS2/c1-8(11-4-5-12(14)19-11)15-13(17)6-3-10-7-18-9(2)16-10/h3-8H,1-2H3,(H,15,17)/b6-3+. The van der Waals surface area contributed by atoms with Gasteiger partial charge in [0, 0.05) is 16.3 Å². The molecule has 0 fully saturated rings. The summed E-state index contributed by atoms with van der Waals surface area (Å²) in [6.07, 6.45) is 3.22. The van der Waals surface area contributed by atoms with Crippen molar-refractivity contribution < 1.29 is 4.79 Å². The summed E-state index contributed by atoms with van der Waals surface area (Å²) >= 11 is 8.90. The number of amides is 1. The molecule has 1 unspecified atom stereocenters. The van der Waals surface area contributed by atoms with E-state index in [0.717, 1.165) is 19.9 Å². The Hall–Kier alpha value is -1.17. The lowest BCUT2D eigenvalue weighted by molar-refractivity contribution is -0.117. The van der Waals surface area contributed by atoms with E-state index in [1.54, 1.807) is 17.4 Å². The topological polar surface area (TPSA) is 42.0 Å². The molecule has 0 saturated heterocycles. The van der Waals surface area contributed by atoms with E-state index in [4.69, 9.17) is 11.6 Å². The molecule has 2 aromatic heterocycles. The van der Waals surface area contributed by atoms with E-state index < -0.39 is 0 Å². The minimum absolute atomic E-state index is 0.0492. The van der Waals surface area contributed by atoms with Crippen molar-refractivity contribution in [2.24, 2.45) is 0 Å². The van der Waals surface area contributed by atoms with Crippen LogP contribution in [-0.2, 0) is 4.79 Å². The molecule has 0 bridgehead atoms. The van der Waals surface area contributed by atoms with Gasteiger partial charge in [-0.15, -0.1) is 22.7 Å². The lowest BCUT2D eigenvalue weighted by Crippen LogP contribution is -2.23. The molecule has 1 N–H and O–H groups in total. The van der Waals surface area contributed by atoms with E-state index in [-0.39, 0.29) is 11.9 Å². The maximum atomic E-state index is 11.8. The Kier molecular flexibility index (Phi) is 4.74. The molecule has 2 rings (SSSR count). The summed E-state index contributed by atoms with van der Waals surface area (Å²) in [5, 5.41) is 5.79. The van der Waals surface area contributed by atoms with Crippen molar-refractivity contribution in [3.05, 3.63) is 43.5 Å². The van der Waals surface area contributed by atoms with E-state index in [1.807, 2.05) is 31.4 Å². The summed E-state index contributed by atoms with van der Waals surface area (Å²) in [7, 11) is 0. The van der Waals surface area contributed by atoms with Crippen LogP contribution in [0, 0.1) is 6.92 Å². The van der Waals surface area contributed by atoms with Crippen LogP contribution in [0.2, 0.25) is 4.34 Å². The summed E-state index contributed by atoms with van der Waals surface area (Å²) in [5.41, 5.74) is 0.810. The number of thiazole rings is 1. The van der Waals surface area contributed by atoms with Crippen molar-refractivity contribution in [1.29, 1.82) is 0 Å². The Labute approximate surface area is 125 Å². The van der Waals surface area contributed by atoms with Gasteiger partial charge in [0.05, 0.1) is 21.1 Å². The van der Waals surface area contributed by atoms with Crippen LogP contribution in [0.1, 0.15) is 28.5 Å². The molecule has 6 heteroatoms. The van der Waals surface area contributed by atoms with Crippen LogP contribution in [-0.4, -0.2) is 10.9 Å². The molecular formula is C13H13ClN2OS2. The second-order valence-electron chi connectivity index (χ2n) is 4.00. The van der Waals surface area contributed by atoms with Crippen LogP contribution >= 0.6 is 34.3 Å². The summed E-state index contributed by atoms with van der Waals surface area (Å²) < 4.78 is 0.726.